The summed E-state index contributed by atoms with van der Waals surface area (Å²) >= 11 is 0. The van der Waals surface area contributed by atoms with Crippen molar-refractivity contribution in [1.82, 2.24) is 4.90 Å². The third-order valence-corrected chi connectivity index (χ3v) is 3.05. The molecule has 0 aromatic heterocycles. The van der Waals surface area contributed by atoms with Gasteiger partial charge in [0.15, 0.2) is 0 Å². The van der Waals surface area contributed by atoms with Gasteiger partial charge in [0.2, 0.25) is 0 Å². The van der Waals surface area contributed by atoms with Gasteiger partial charge in [0.25, 0.3) is 0 Å². The highest BCUT2D eigenvalue weighted by atomic mass is 16.5. The van der Waals surface area contributed by atoms with Gasteiger partial charge in [0, 0.05) is 26.1 Å². The average molecular weight is 229 g/mol. The number of nitrogens with zero attached hydrogens (tertiary/aromatic N) is 2. The van der Waals surface area contributed by atoms with E-state index in [4.69, 9.17) is 15.7 Å². The van der Waals surface area contributed by atoms with E-state index < -0.39 is 0 Å². The molecule has 0 spiro atoms. The molecule has 94 valence electrons. The number of hydrogen-bond donors (Lipinski definition) is 2. The van der Waals surface area contributed by atoms with E-state index in [9.17, 15) is 0 Å². The van der Waals surface area contributed by atoms with Crippen molar-refractivity contribution in [3.8, 4) is 0 Å². The largest absolute Gasteiger partial charge is 0.409 e. The minimum absolute atomic E-state index is 0.301. The molecular formula is C11H23N3O2. The van der Waals surface area contributed by atoms with E-state index in [-0.39, 0.29) is 0 Å². The van der Waals surface area contributed by atoms with Crippen molar-refractivity contribution < 1.29 is 9.94 Å². The van der Waals surface area contributed by atoms with Crippen LogP contribution in [0.1, 0.15) is 32.6 Å². The minimum atomic E-state index is 0.301. The van der Waals surface area contributed by atoms with Crippen LogP contribution in [0.15, 0.2) is 5.16 Å². The molecule has 0 aliphatic carbocycles. The summed E-state index contributed by atoms with van der Waals surface area (Å²) < 4.78 is 5.58. The molecule has 0 bridgehead atoms. The van der Waals surface area contributed by atoms with E-state index in [0.717, 1.165) is 32.7 Å². The molecule has 0 radical (unpaired) electrons. The Kier molecular flexibility index (Phi) is 6.18. The van der Waals surface area contributed by atoms with Gasteiger partial charge in [-0.1, -0.05) is 12.1 Å². The number of rotatable bonds is 7. The Morgan fingerprint density at radius 3 is 2.94 bits per heavy atom. The molecule has 5 heteroatoms. The predicted molar refractivity (Wildman–Crippen MR) is 63.7 cm³/mol. The van der Waals surface area contributed by atoms with Crippen molar-refractivity contribution >= 4 is 5.84 Å². The molecule has 0 aromatic carbocycles. The Balaban J connectivity index is 2.15. The van der Waals surface area contributed by atoms with Gasteiger partial charge in [-0.25, -0.2) is 0 Å². The van der Waals surface area contributed by atoms with E-state index in [1.54, 1.807) is 0 Å². The quantitative estimate of drug-likeness (QED) is 0.296. The number of hydrogen-bond acceptors (Lipinski definition) is 4. The van der Waals surface area contributed by atoms with Crippen LogP contribution in [-0.2, 0) is 4.74 Å². The second-order valence-corrected chi connectivity index (χ2v) is 4.20. The van der Waals surface area contributed by atoms with Gasteiger partial charge in [-0.2, -0.15) is 0 Å². The molecule has 1 unspecified atom stereocenters. The third kappa shape index (κ3) is 4.81. The molecule has 0 saturated carbocycles. The van der Waals surface area contributed by atoms with Crippen molar-refractivity contribution in [2.75, 3.05) is 26.2 Å². The number of ether oxygens (including phenoxy) is 1. The Morgan fingerprint density at radius 1 is 1.56 bits per heavy atom. The van der Waals surface area contributed by atoms with Crippen LogP contribution < -0.4 is 5.73 Å². The van der Waals surface area contributed by atoms with Gasteiger partial charge in [-0.15, -0.1) is 0 Å². The van der Waals surface area contributed by atoms with Crippen LogP contribution in [0, 0.1) is 0 Å². The van der Waals surface area contributed by atoms with Crippen LogP contribution in [0.3, 0.4) is 0 Å². The first-order valence-electron chi connectivity index (χ1n) is 6.06. The monoisotopic (exact) mass is 229 g/mol. The number of amidine groups is 1. The molecule has 1 fully saturated rings. The summed E-state index contributed by atoms with van der Waals surface area (Å²) in [6.07, 6.45) is 4.54. The number of oxime groups is 1. The molecule has 1 saturated heterocycles. The first kappa shape index (κ1) is 13.3. The van der Waals surface area contributed by atoms with Crippen LogP contribution in [0.2, 0.25) is 0 Å². The van der Waals surface area contributed by atoms with Crippen LogP contribution in [0.4, 0.5) is 0 Å². The fourth-order valence-corrected chi connectivity index (χ4v) is 1.95. The van der Waals surface area contributed by atoms with Crippen LogP contribution in [0.25, 0.3) is 0 Å². The minimum Gasteiger partial charge on any atom is -0.409 e. The molecule has 1 aliphatic heterocycles. The fraction of sp³-hybridized carbons (Fsp3) is 0.909. The number of nitrogens with two attached hydrogens (primary N) is 1. The third-order valence-electron chi connectivity index (χ3n) is 3.05. The van der Waals surface area contributed by atoms with Crippen molar-refractivity contribution in [2.24, 2.45) is 10.9 Å². The highest BCUT2D eigenvalue weighted by Crippen LogP contribution is 2.15. The fourth-order valence-electron chi connectivity index (χ4n) is 1.95. The van der Waals surface area contributed by atoms with Gasteiger partial charge in [0.05, 0.1) is 6.10 Å². The van der Waals surface area contributed by atoms with Crippen molar-refractivity contribution in [1.29, 1.82) is 0 Å². The lowest BCUT2D eigenvalue weighted by atomic mass is 10.2. The maximum Gasteiger partial charge on any atom is 0.140 e. The molecule has 5 nitrogen and oxygen atoms in total. The van der Waals surface area contributed by atoms with Gasteiger partial charge in [0.1, 0.15) is 5.84 Å². The summed E-state index contributed by atoms with van der Waals surface area (Å²) in [4.78, 5) is 2.31. The Hall–Kier alpha value is -0.810. The highest BCUT2D eigenvalue weighted by Gasteiger charge is 2.16. The first-order valence-corrected chi connectivity index (χ1v) is 6.06. The maximum atomic E-state index is 8.45. The van der Waals surface area contributed by atoms with E-state index in [0.29, 0.717) is 18.4 Å². The first-order chi connectivity index (χ1) is 7.76. The second-order valence-electron chi connectivity index (χ2n) is 4.20. The van der Waals surface area contributed by atoms with Gasteiger partial charge in [-0.3, -0.25) is 0 Å². The zero-order valence-electron chi connectivity index (χ0n) is 10.1. The SMILES string of the molecule is CCN(CCC(N)=NO)CCC1CCCO1. The lowest BCUT2D eigenvalue weighted by molar-refractivity contribution is 0.0930. The molecule has 1 heterocycles. The molecule has 16 heavy (non-hydrogen) atoms. The van der Waals surface area contributed by atoms with Crippen molar-refractivity contribution in [3.63, 3.8) is 0 Å². The summed E-state index contributed by atoms with van der Waals surface area (Å²) in [5, 5.41) is 11.4. The highest BCUT2D eigenvalue weighted by molar-refractivity contribution is 5.79. The van der Waals surface area contributed by atoms with E-state index in [1.807, 2.05) is 0 Å². The van der Waals surface area contributed by atoms with Gasteiger partial charge in [-0.05, 0) is 25.8 Å². The predicted octanol–water partition coefficient (Wildman–Crippen LogP) is 1.01. The summed E-state index contributed by atoms with van der Waals surface area (Å²) in [6.45, 7) is 5.91. The summed E-state index contributed by atoms with van der Waals surface area (Å²) in [6, 6.07) is 0. The molecule has 1 atom stereocenters. The summed E-state index contributed by atoms with van der Waals surface area (Å²) in [7, 11) is 0. The van der Waals surface area contributed by atoms with Gasteiger partial charge < -0.3 is 20.6 Å². The molecule has 0 amide bonds. The molecule has 0 aromatic rings. The Bertz CT molecular complexity index is 215. The zero-order chi connectivity index (χ0) is 11.8. The lowest BCUT2D eigenvalue weighted by Gasteiger charge is -2.21. The Morgan fingerprint density at radius 2 is 2.38 bits per heavy atom. The average Bonchev–Trinajstić information content (AvgIpc) is 2.81. The molecule has 1 rings (SSSR count). The standard InChI is InChI=1S/C11H23N3O2/c1-2-14(8-6-11(12)13-15)7-5-10-4-3-9-16-10/h10,15H,2-9H2,1H3,(H2,12,13). The van der Waals surface area contributed by atoms with E-state index in [1.165, 1.54) is 12.8 Å². The Labute approximate surface area is 97.2 Å². The topological polar surface area (TPSA) is 71.1 Å². The summed E-state index contributed by atoms with van der Waals surface area (Å²) in [5.41, 5.74) is 5.44. The van der Waals surface area contributed by atoms with Gasteiger partial charge >= 0.3 is 0 Å². The molecular weight excluding hydrogens is 206 g/mol. The molecule has 3 N–H and O–H groups in total. The van der Waals surface area contributed by atoms with Crippen LogP contribution in [-0.4, -0.2) is 48.3 Å². The van der Waals surface area contributed by atoms with Crippen LogP contribution in [0.5, 0.6) is 0 Å². The normalized spacial score (nSPS) is 21.9. The van der Waals surface area contributed by atoms with Crippen molar-refractivity contribution in [2.45, 2.75) is 38.7 Å². The maximum absolute atomic E-state index is 8.45. The van der Waals surface area contributed by atoms with Crippen molar-refractivity contribution in [3.05, 3.63) is 0 Å². The van der Waals surface area contributed by atoms with E-state index >= 15 is 0 Å². The van der Waals surface area contributed by atoms with Crippen LogP contribution >= 0.6 is 0 Å². The zero-order valence-corrected chi connectivity index (χ0v) is 10.1. The second kappa shape index (κ2) is 7.46. The lowest BCUT2D eigenvalue weighted by Crippen LogP contribution is -2.30. The van der Waals surface area contributed by atoms with E-state index in [2.05, 4.69) is 17.0 Å². The smallest absolute Gasteiger partial charge is 0.140 e. The summed E-state index contributed by atoms with van der Waals surface area (Å²) in [5.74, 6) is 0.301. The molecule has 1 aliphatic rings.